The molecule has 1 aromatic heterocycles. The topological polar surface area (TPSA) is 39.5 Å². The first-order chi connectivity index (χ1) is 9.53. The highest BCUT2D eigenvalue weighted by Crippen LogP contribution is 2.36. The largest absolute Gasteiger partial charge is 0.516 e. The van der Waals surface area contributed by atoms with Crippen LogP contribution in [0.4, 0.5) is 5.95 Å². The van der Waals surface area contributed by atoms with E-state index in [4.69, 9.17) is 14.3 Å². The number of nitrogens with zero attached hydrogens (tertiary/aromatic N) is 3. The number of imidazole rings is 1. The third kappa shape index (κ3) is 3.11. The van der Waals surface area contributed by atoms with E-state index < -0.39 is 7.12 Å². The lowest BCUT2D eigenvalue weighted by molar-refractivity contribution is 0.00578. The Balaban J connectivity index is 2.30. The maximum absolute atomic E-state index is 6.09. The van der Waals surface area contributed by atoms with Crippen LogP contribution in [0.5, 0.6) is 0 Å². The Morgan fingerprint density at radius 1 is 1.19 bits per heavy atom. The second-order valence-corrected chi connectivity index (χ2v) is 7.49. The normalized spacial score (nSPS) is 20.3. The smallest absolute Gasteiger partial charge is 0.398 e. The number of anilines is 1. The number of aromatic nitrogens is 2. The molecule has 0 radical (unpaired) electrons. The lowest BCUT2D eigenvalue weighted by Gasteiger charge is -2.32. The van der Waals surface area contributed by atoms with Crippen molar-refractivity contribution >= 4 is 18.7 Å². The van der Waals surface area contributed by atoms with Gasteiger partial charge in [0.05, 0.1) is 16.8 Å². The van der Waals surface area contributed by atoms with Crippen molar-refractivity contribution < 1.29 is 9.31 Å². The SMILES string of the molecule is CC(C)Cn1cc(B2OC(C)(C)C(C)(C)O2)nc1N(C)C. The summed E-state index contributed by atoms with van der Waals surface area (Å²) in [6, 6.07) is 0. The van der Waals surface area contributed by atoms with E-state index in [0.717, 1.165) is 18.1 Å². The van der Waals surface area contributed by atoms with Crippen LogP contribution in [-0.2, 0) is 15.9 Å². The summed E-state index contributed by atoms with van der Waals surface area (Å²) in [7, 11) is 3.61. The Hall–Kier alpha value is -1.01. The summed E-state index contributed by atoms with van der Waals surface area (Å²) in [6.07, 6.45) is 2.05. The van der Waals surface area contributed by atoms with Gasteiger partial charge in [-0.15, -0.1) is 0 Å². The van der Waals surface area contributed by atoms with E-state index in [2.05, 4.69) is 52.3 Å². The second-order valence-electron chi connectivity index (χ2n) is 7.49. The minimum absolute atomic E-state index is 0.336. The molecule has 0 N–H and O–H groups in total. The van der Waals surface area contributed by atoms with Crippen LogP contribution in [0.3, 0.4) is 0 Å². The van der Waals surface area contributed by atoms with Crippen LogP contribution in [0, 0.1) is 5.92 Å². The van der Waals surface area contributed by atoms with Crippen LogP contribution in [0.2, 0.25) is 0 Å². The van der Waals surface area contributed by atoms with Gasteiger partial charge in [0, 0.05) is 26.8 Å². The summed E-state index contributed by atoms with van der Waals surface area (Å²) in [4.78, 5) is 6.74. The molecule has 1 saturated heterocycles. The summed E-state index contributed by atoms with van der Waals surface area (Å²) in [5.74, 6) is 1.50. The molecule has 0 spiro atoms. The first-order valence-electron chi connectivity index (χ1n) is 7.63. The van der Waals surface area contributed by atoms with Crippen LogP contribution in [0.15, 0.2) is 6.20 Å². The van der Waals surface area contributed by atoms with E-state index >= 15 is 0 Å². The Morgan fingerprint density at radius 2 is 1.71 bits per heavy atom. The van der Waals surface area contributed by atoms with Crippen molar-refractivity contribution in [3.63, 3.8) is 0 Å². The average Bonchev–Trinajstić information content (AvgIpc) is 2.78. The molecule has 2 heterocycles. The van der Waals surface area contributed by atoms with Crippen LogP contribution >= 0.6 is 0 Å². The zero-order valence-electron chi connectivity index (χ0n) is 14.6. The molecule has 0 atom stereocenters. The molecule has 1 fully saturated rings. The maximum atomic E-state index is 6.09. The molecular weight excluding hydrogens is 265 g/mol. The average molecular weight is 293 g/mol. The van der Waals surface area contributed by atoms with Crippen LogP contribution in [-0.4, -0.2) is 42.0 Å². The van der Waals surface area contributed by atoms with Gasteiger partial charge in [-0.05, 0) is 33.6 Å². The van der Waals surface area contributed by atoms with Gasteiger partial charge in [-0.2, -0.15) is 0 Å². The highest BCUT2D eigenvalue weighted by atomic mass is 16.7. The third-order valence-corrected chi connectivity index (χ3v) is 4.23. The molecular formula is C15H28BN3O2. The van der Waals surface area contributed by atoms with Crippen molar-refractivity contribution in [1.82, 2.24) is 9.55 Å². The van der Waals surface area contributed by atoms with E-state index in [9.17, 15) is 0 Å². The van der Waals surface area contributed by atoms with Crippen molar-refractivity contribution in [3.05, 3.63) is 6.20 Å². The van der Waals surface area contributed by atoms with Gasteiger partial charge < -0.3 is 18.8 Å². The third-order valence-electron chi connectivity index (χ3n) is 4.23. The Labute approximate surface area is 128 Å². The van der Waals surface area contributed by atoms with Crippen LogP contribution in [0.25, 0.3) is 0 Å². The molecule has 0 aliphatic carbocycles. The monoisotopic (exact) mass is 293 g/mol. The van der Waals surface area contributed by atoms with E-state index in [1.54, 1.807) is 0 Å². The molecule has 6 heteroatoms. The van der Waals surface area contributed by atoms with Gasteiger partial charge in [-0.3, -0.25) is 0 Å². The molecule has 0 amide bonds. The molecule has 1 aliphatic rings. The van der Waals surface area contributed by atoms with Crippen molar-refractivity contribution in [2.45, 2.75) is 59.3 Å². The van der Waals surface area contributed by atoms with Crippen molar-refractivity contribution in [2.75, 3.05) is 19.0 Å². The van der Waals surface area contributed by atoms with Crippen molar-refractivity contribution in [1.29, 1.82) is 0 Å². The molecule has 1 aliphatic heterocycles. The summed E-state index contributed by atoms with van der Waals surface area (Å²) in [6.45, 7) is 13.6. The van der Waals surface area contributed by atoms with Crippen molar-refractivity contribution in [3.8, 4) is 0 Å². The molecule has 0 bridgehead atoms. The first kappa shape index (κ1) is 16.4. The zero-order valence-corrected chi connectivity index (χ0v) is 14.6. The highest BCUT2D eigenvalue weighted by Gasteiger charge is 2.52. The minimum Gasteiger partial charge on any atom is -0.398 e. The van der Waals surface area contributed by atoms with Crippen LogP contribution < -0.4 is 10.5 Å². The fourth-order valence-electron chi connectivity index (χ4n) is 2.39. The predicted molar refractivity (Wildman–Crippen MR) is 87.1 cm³/mol. The zero-order chi connectivity index (χ0) is 16.0. The fourth-order valence-corrected chi connectivity index (χ4v) is 2.39. The minimum atomic E-state index is -0.401. The molecule has 0 aromatic carbocycles. The molecule has 0 saturated carbocycles. The lowest BCUT2D eigenvalue weighted by Crippen LogP contribution is -2.41. The fraction of sp³-hybridized carbons (Fsp3) is 0.800. The van der Waals surface area contributed by atoms with Gasteiger partial charge in [-0.25, -0.2) is 4.98 Å². The Bertz CT molecular complexity index is 493. The molecule has 1 aromatic rings. The Kier molecular flexibility index (Phi) is 4.15. The quantitative estimate of drug-likeness (QED) is 0.795. The number of hydrogen-bond acceptors (Lipinski definition) is 4. The maximum Gasteiger partial charge on any atom is 0.516 e. The molecule has 21 heavy (non-hydrogen) atoms. The van der Waals surface area contributed by atoms with E-state index in [1.807, 2.05) is 19.0 Å². The number of rotatable bonds is 4. The molecule has 5 nitrogen and oxygen atoms in total. The Morgan fingerprint density at radius 3 is 2.14 bits per heavy atom. The van der Waals surface area contributed by atoms with Gasteiger partial charge >= 0.3 is 7.12 Å². The summed E-state index contributed by atoms with van der Waals surface area (Å²) < 4.78 is 14.3. The van der Waals surface area contributed by atoms with Crippen molar-refractivity contribution in [2.24, 2.45) is 5.92 Å². The molecule has 118 valence electrons. The second kappa shape index (κ2) is 5.32. The van der Waals surface area contributed by atoms with E-state index in [1.165, 1.54) is 0 Å². The lowest BCUT2D eigenvalue weighted by atomic mass is 9.86. The first-order valence-corrected chi connectivity index (χ1v) is 7.63. The number of hydrogen-bond donors (Lipinski definition) is 0. The summed E-state index contributed by atoms with van der Waals surface area (Å²) >= 11 is 0. The van der Waals surface area contributed by atoms with Gasteiger partial charge in [0.25, 0.3) is 0 Å². The van der Waals surface area contributed by atoms with Gasteiger partial charge in [-0.1, -0.05) is 13.8 Å². The standard InChI is InChI=1S/C15H28BN3O2/c1-11(2)9-19-10-12(17-13(19)18(7)8)16-20-14(3,4)15(5,6)21-16/h10-11H,9H2,1-8H3. The van der Waals surface area contributed by atoms with Crippen LogP contribution in [0.1, 0.15) is 41.5 Å². The summed E-state index contributed by atoms with van der Waals surface area (Å²) in [5, 5.41) is 0. The molecule has 2 rings (SSSR count). The van der Waals surface area contributed by atoms with Gasteiger partial charge in [0.2, 0.25) is 5.95 Å². The van der Waals surface area contributed by atoms with Gasteiger partial charge in [0.15, 0.2) is 0 Å². The molecule has 0 unspecified atom stereocenters. The van der Waals surface area contributed by atoms with E-state index in [0.29, 0.717) is 5.92 Å². The predicted octanol–water partition coefficient (Wildman–Crippen LogP) is 1.90. The summed E-state index contributed by atoms with van der Waals surface area (Å²) in [5.41, 5.74) is 0.174. The van der Waals surface area contributed by atoms with E-state index in [-0.39, 0.29) is 11.2 Å². The van der Waals surface area contributed by atoms with Gasteiger partial charge in [0.1, 0.15) is 0 Å². The highest BCUT2D eigenvalue weighted by molar-refractivity contribution is 6.61.